The Hall–Kier alpha value is -2.16. The van der Waals surface area contributed by atoms with Gasteiger partial charge in [0.05, 0.1) is 0 Å². The van der Waals surface area contributed by atoms with Crippen molar-refractivity contribution in [2.24, 2.45) is 0 Å². The summed E-state index contributed by atoms with van der Waals surface area (Å²) in [4.78, 5) is 13.3. The van der Waals surface area contributed by atoms with Crippen molar-refractivity contribution in [2.45, 2.75) is 6.92 Å². The molecule has 0 aliphatic carbocycles. The van der Waals surface area contributed by atoms with E-state index in [9.17, 15) is 0 Å². The van der Waals surface area contributed by atoms with Gasteiger partial charge in [0, 0.05) is 43.6 Å². The Bertz CT molecular complexity index is 952. The normalized spacial score (nSPS) is 10.6. The van der Waals surface area contributed by atoms with E-state index < -0.39 is 0 Å². The van der Waals surface area contributed by atoms with E-state index >= 15 is 0 Å². The molecule has 3 heterocycles. The van der Waals surface area contributed by atoms with E-state index in [0.717, 1.165) is 33.2 Å². The van der Waals surface area contributed by atoms with E-state index in [-0.39, 0.29) is 20.1 Å². The molecule has 1 radical (unpaired) electrons. The summed E-state index contributed by atoms with van der Waals surface area (Å²) in [6.45, 7) is 2.00. The standard InChI is InChI=1S/C18H12N3.Ir/c1-12-10-13-5-6-15-14(16(13)11-21-12)7-9-20-18(15)17-4-2-3-8-19-17;/h2-3,5-11H,1H3;/q-1;. The molecule has 0 atom stereocenters. The third-order valence-electron chi connectivity index (χ3n) is 3.61. The second-order valence-electron chi connectivity index (χ2n) is 5.00. The maximum Gasteiger partial charge on any atom is 0.0379 e. The Morgan fingerprint density at radius 3 is 2.64 bits per heavy atom. The Morgan fingerprint density at radius 2 is 1.82 bits per heavy atom. The maximum atomic E-state index is 4.49. The molecule has 3 nitrogen and oxygen atoms in total. The quantitative estimate of drug-likeness (QED) is 0.318. The smallest absolute Gasteiger partial charge is 0.0379 e. The summed E-state index contributed by atoms with van der Waals surface area (Å²) in [7, 11) is 0. The predicted molar refractivity (Wildman–Crippen MR) is 83.8 cm³/mol. The average molecular weight is 463 g/mol. The monoisotopic (exact) mass is 463 g/mol. The van der Waals surface area contributed by atoms with Crippen LogP contribution in [0, 0.1) is 13.0 Å². The van der Waals surface area contributed by atoms with E-state index in [4.69, 9.17) is 0 Å². The minimum absolute atomic E-state index is 0. The van der Waals surface area contributed by atoms with Gasteiger partial charge < -0.3 is 4.98 Å². The zero-order chi connectivity index (χ0) is 14.2. The van der Waals surface area contributed by atoms with Crippen molar-refractivity contribution in [3.63, 3.8) is 0 Å². The first-order valence-corrected chi connectivity index (χ1v) is 6.80. The van der Waals surface area contributed by atoms with Gasteiger partial charge in [-0.25, -0.2) is 0 Å². The van der Waals surface area contributed by atoms with E-state index in [0.29, 0.717) is 0 Å². The van der Waals surface area contributed by atoms with Crippen LogP contribution >= 0.6 is 0 Å². The molecule has 0 N–H and O–H groups in total. The number of aryl methyl sites for hydroxylation is 1. The first-order chi connectivity index (χ1) is 10.3. The molecule has 0 spiro atoms. The van der Waals surface area contributed by atoms with E-state index in [1.807, 2.05) is 37.5 Å². The minimum atomic E-state index is 0. The Kier molecular flexibility index (Phi) is 3.97. The van der Waals surface area contributed by atoms with Crippen LogP contribution in [-0.4, -0.2) is 15.0 Å². The van der Waals surface area contributed by atoms with Crippen LogP contribution in [0.15, 0.2) is 55.0 Å². The van der Waals surface area contributed by atoms with Crippen molar-refractivity contribution in [1.82, 2.24) is 15.0 Å². The average Bonchev–Trinajstić information content (AvgIpc) is 2.54. The molecule has 109 valence electrons. The van der Waals surface area contributed by atoms with Gasteiger partial charge in [0.1, 0.15) is 0 Å². The second kappa shape index (κ2) is 5.91. The van der Waals surface area contributed by atoms with Crippen LogP contribution in [0.25, 0.3) is 32.9 Å². The van der Waals surface area contributed by atoms with Crippen LogP contribution in [0.3, 0.4) is 0 Å². The molecule has 0 saturated heterocycles. The summed E-state index contributed by atoms with van der Waals surface area (Å²) in [5, 5.41) is 4.55. The molecular weight excluding hydrogens is 450 g/mol. The van der Waals surface area contributed by atoms with E-state index in [1.54, 1.807) is 6.20 Å². The zero-order valence-corrected chi connectivity index (χ0v) is 14.3. The molecule has 4 heteroatoms. The van der Waals surface area contributed by atoms with Gasteiger partial charge in [-0.3, -0.25) is 9.97 Å². The number of hydrogen-bond acceptors (Lipinski definition) is 3. The third kappa shape index (κ3) is 2.41. The molecule has 3 aromatic heterocycles. The number of benzene rings is 1. The summed E-state index contributed by atoms with van der Waals surface area (Å²) in [6, 6.07) is 15.2. The summed E-state index contributed by atoms with van der Waals surface area (Å²) < 4.78 is 0. The number of fused-ring (bicyclic) bond motifs is 3. The van der Waals surface area contributed by atoms with Crippen molar-refractivity contribution in [3.8, 4) is 11.4 Å². The van der Waals surface area contributed by atoms with Gasteiger partial charge in [-0.1, -0.05) is 12.1 Å². The Morgan fingerprint density at radius 1 is 0.909 bits per heavy atom. The molecule has 22 heavy (non-hydrogen) atoms. The largest absolute Gasteiger partial charge is 0.317 e. The molecule has 0 aliphatic rings. The number of hydrogen-bond donors (Lipinski definition) is 0. The van der Waals surface area contributed by atoms with Crippen LogP contribution in [0.4, 0.5) is 0 Å². The van der Waals surface area contributed by atoms with Gasteiger partial charge >= 0.3 is 0 Å². The maximum absolute atomic E-state index is 4.49. The molecule has 0 bridgehead atoms. The van der Waals surface area contributed by atoms with Crippen LogP contribution in [0.2, 0.25) is 0 Å². The number of pyridine rings is 3. The van der Waals surface area contributed by atoms with Crippen molar-refractivity contribution >= 4 is 21.5 Å². The number of rotatable bonds is 1. The summed E-state index contributed by atoms with van der Waals surface area (Å²) in [5.74, 6) is 0. The van der Waals surface area contributed by atoms with Crippen molar-refractivity contribution in [3.05, 3.63) is 66.7 Å². The molecule has 4 rings (SSSR count). The van der Waals surface area contributed by atoms with Crippen LogP contribution in [0.5, 0.6) is 0 Å². The van der Waals surface area contributed by atoms with Gasteiger partial charge in [0.2, 0.25) is 0 Å². The van der Waals surface area contributed by atoms with Crippen LogP contribution < -0.4 is 0 Å². The Balaban J connectivity index is 0.00000144. The first-order valence-electron chi connectivity index (χ1n) is 6.80. The fourth-order valence-electron chi connectivity index (χ4n) is 2.64. The summed E-state index contributed by atoms with van der Waals surface area (Å²) >= 11 is 0. The molecule has 0 aliphatic heterocycles. The zero-order valence-electron chi connectivity index (χ0n) is 11.9. The number of aromatic nitrogens is 3. The van der Waals surface area contributed by atoms with Crippen molar-refractivity contribution in [1.29, 1.82) is 0 Å². The van der Waals surface area contributed by atoms with E-state index in [1.165, 1.54) is 5.39 Å². The molecule has 4 aromatic rings. The summed E-state index contributed by atoms with van der Waals surface area (Å²) in [6.07, 6.45) is 5.51. The third-order valence-corrected chi connectivity index (χ3v) is 3.61. The fraction of sp³-hybridized carbons (Fsp3) is 0.0556. The van der Waals surface area contributed by atoms with Crippen LogP contribution in [-0.2, 0) is 20.1 Å². The van der Waals surface area contributed by atoms with Gasteiger partial charge in [0.25, 0.3) is 0 Å². The van der Waals surface area contributed by atoms with Gasteiger partial charge in [-0.05, 0) is 52.8 Å². The van der Waals surface area contributed by atoms with E-state index in [2.05, 4.69) is 39.2 Å². The molecule has 0 fully saturated rings. The fourth-order valence-corrected chi connectivity index (χ4v) is 2.64. The van der Waals surface area contributed by atoms with Crippen molar-refractivity contribution < 1.29 is 20.1 Å². The first kappa shape index (κ1) is 14.8. The molecule has 1 aromatic carbocycles. The minimum Gasteiger partial charge on any atom is -0.317 e. The van der Waals surface area contributed by atoms with Crippen molar-refractivity contribution in [2.75, 3.05) is 0 Å². The van der Waals surface area contributed by atoms with Crippen LogP contribution in [0.1, 0.15) is 5.69 Å². The van der Waals surface area contributed by atoms with Gasteiger partial charge in [0.15, 0.2) is 0 Å². The van der Waals surface area contributed by atoms with Gasteiger partial charge in [-0.15, -0.1) is 6.07 Å². The topological polar surface area (TPSA) is 38.7 Å². The number of nitrogens with zero attached hydrogens (tertiary/aromatic N) is 3. The SMILES string of the molecule is Cc1cc2ccc3c(-c4[c-]cccn4)nccc3c2cn1.[Ir]. The molecular formula is C18H12IrN3-. The van der Waals surface area contributed by atoms with Gasteiger partial charge in [-0.2, -0.15) is 12.1 Å². The molecule has 0 amide bonds. The Labute approximate surface area is 141 Å². The second-order valence-corrected chi connectivity index (χ2v) is 5.00. The predicted octanol–water partition coefficient (Wildman–Crippen LogP) is 3.95. The summed E-state index contributed by atoms with van der Waals surface area (Å²) in [5.41, 5.74) is 2.65. The molecule has 0 unspecified atom stereocenters. The molecule has 0 saturated carbocycles.